The van der Waals surface area contributed by atoms with Gasteiger partial charge in [-0.3, -0.25) is 19.6 Å². The normalized spacial score (nSPS) is 12.9. The van der Waals surface area contributed by atoms with Gasteiger partial charge in [0.05, 0.1) is 12.3 Å². The number of pyridine rings is 2. The van der Waals surface area contributed by atoms with Crippen molar-refractivity contribution in [1.82, 2.24) is 20.3 Å². The Kier molecular flexibility index (Phi) is 6.49. The largest absolute Gasteiger partial charge is 0.506 e. The molecule has 0 aromatic carbocycles. The van der Waals surface area contributed by atoms with Crippen LogP contribution in [0.5, 0.6) is 5.75 Å². The van der Waals surface area contributed by atoms with Crippen LogP contribution in [-0.2, 0) is 33.5 Å². The number of aromatic hydroxyl groups is 1. The third kappa shape index (κ3) is 5.21. The minimum absolute atomic E-state index is 0.0768. The van der Waals surface area contributed by atoms with Crippen molar-refractivity contribution in [1.29, 1.82) is 0 Å². The number of rotatable bonds is 9. The van der Waals surface area contributed by atoms with Crippen LogP contribution in [0.25, 0.3) is 11.0 Å². The van der Waals surface area contributed by atoms with Gasteiger partial charge in [0.15, 0.2) is 0 Å². The van der Waals surface area contributed by atoms with Gasteiger partial charge < -0.3 is 25.0 Å². The second kappa shape index (κ2) is 8.90. The van der Waals surface area contributed by atoms with Crippen molar-refractivity contribution < 1.29 is 33.9 Å². The highest BCUT2D eigenvalue weighted by molar-refractivity contribution is 7.46. The van der Waals surface area contributed by atoms with E-state index in [-0.39, 0.29) is 29.8 Å². The number of aliphatic carboxylic acids is 1. The van der Waals surface area contributed by atoms with E-state index < -0.39 is 26.4 Å². The highest BCUT2D eigenvalue weighted by atomic mass is 31.2. The van der Waals surface area contributed by atoms with Crippen LogP contribution in [0.1, 0.15) is 22.4 Å². The molecule has 11 nitrogen and oxygen atoms in total. The molecule has 3 rings (SSSR count). The first-order valence-corrected chi connectivity index (χ1v) is 10.4. The summed E-state index contributed by atoms with van der Waals surface area (Å²) in [5, 5.41) is 23.7. The second-order valence-corrected chi connectivity index (χ2v) is 7.89. The Labute approximate surface area is 171 Å². The van der Waals surface area contributed by atoms with Crippen LogP contribution in [0.3, 0.4) is 0 Å². The number of aromatic nitrogens is 3. The fourth-order valence-electron chi connectivity index (χ4n) is 3.03. The highest BCUT2D eigenvalue weighted by Crippen LogP contribution is 2.38. The number of hydrogen-bond acceptors (Lipinski definition) is 7. The van der Waals surface area contributed by atoms with E-state index >= 15 is 0 Å². The minimum atomic E-state index is -4.73. The number of phosphoric acid groups is 1. The molecule has 1 unspecified atom stereocenters. The van der Waals surface area contributed by atoms with Crippen molar-refractivity contribution in [2.75, 3.05) is 0 Å². The summed E-state index contributed by atoms with van der Waals surface area (Å²) in [6, 6.07) is 2.60. The molecule has 0 aliphatic heterocycles. The first-order valence-electron chi connectivity index (χ1n) is 8.89. The van der Waals surface area contributed by atoms with Crippen molar-refractivity contribution in [2.24, 2.45) is 0 Å². The SMILES string of the molecule is Cc1ncc(COP(=O)(O)O)c(CNC(Cc2c[nH]c3ncccc23)C(=O)O)c1O. The Balaban J connectivity index is 1.80. The molecule has 3 aromatic heterocycles. The van der Waals surface area contributed by atoms with E-state index in [4.69, 9.17) is 9.79 Å². The number of carboxylic acids is 1. The number of hydrogen-bond donors (Lipinski definition) is 6. The zero-order valence-corrected chi connectivity index (χ0v) is 16.8. The van der Waals surface area contributed by atoms with Crippen molar-refractivity contribution in [3.05, 3.63) is 53.1 Å². The predicted octanol–water partition coefficient (Wildman–Crippen LogP) is 1.37. The van der Waals surface area contributed by atoms with Crippen molar-refractivity contribution in [3.8, 4) is 5.75 Å². The molecule has 6 N–H and O–H groups in total. The lowest BCUT2D eigenvalue weighted by molar-refractivity contribution is -0.139. The summed E-state index contributed by atoms with van der Waals surface area (Å²) in [5.74, 6) is -1.29. The molecule has 0 spiro atoms. The third-order valence-corrected chi connectivity index (χ3v) is 5.07. The van der Waals surface area contributed by atoms with Gasteiger partial charge >= 0.3 is 13.8 Å². The quantitative estimate of drug-likeness (QED) is 0.268. The van der Waals surface area contributed by atoms with Crippen molar-refractivity contribution in [3.63, 3.8) is 0 Å². The van der Waals surface area contributed by atoms with E-state index in [0.29, 0.717) is 11.3 Å². The monoisotopic (exact) mass is 436 g/mol. The Morgan fingerprint density at radius 2 is 2.10 bits per heavy atom. The van der Waals surface area contributed by atoms with Crippen LogP contribution in [0, 0.1) is 6.92 Å². The van der Waals surface area contributed by atoms with E-state index in [1.54, 1.807) is 25.4 Å². The van der Waals surface area contributed by atoms with Gasteiger partial charge in [0.25, 0.3) is 0 Å². The van der Waals surface area contributed by atoms with E-state index in [0.717, 1.165) is 10.9 Å². The minimum Gasteiger partial charge on any atom is -0.506 e. The van der Waals surface area contributed by atoms with Crippen LogP contribution in [0.2, 0.25) is 0 Å². The predicted molar refractivity (Wildman–Crippen MR) is 106 cm³/mol. The van der Waals surface area contributed by atoms with Gasteiger partial charge in [-0.25, -0.2) is 9.55 Å². The van der Waals surface area contributed by atoms with Crippen molar-refractivity contribution >= 4 is 24.8 Å². The topological polar surface area (TPSA) is 178 Å². The summed E-state index contributed by atoms with van der Waals surface area (Å²) in [7, 11) is -4.73. The second-order valence-electron chi connectivity index (χ2n) is 6.65. The molecule has 0 amide bonds. The van der Waals surface area contributed by atoms with Crippen molar-refractivity contribution in [2.45, 2.75) is 32.5 Å². The first-order chi connectivity index (χ1) is 14.2. The molecule has 0 radical (unpaired) electrons. The third-order valence-electron chi connectivity index (χ3n) is 4.60. The van der Waals surface area contributed by atoms with E-state index in [1.807, 2.05) is 6.07 Å². The number of H-pyrrole nitrogens is 1. The van der Waals surface area contributed by atoms with E-state index in [1.165, 1.54) is 6.20 Å². The molecule has 0 saturated heterocycles. The molecule has 3 aromatic rings. The fraction of sp³-hybridized carbons (Fsp3) is 0.278. The number of aromatic amines is 1. The Morgan fingerprint density at radius 3 is 2.80 bits per heavy atom. The first kappa shape index (κ1) is 21.9. The standard InChI is InChI=1S/C18H21N4O7P/c1-10-16(23)14(12(7-20-10)9-29-30(26,27)28)8-21-15(18(24)25)5-11-6-22-17-13(11)3-2-4-19-17/h2-4,6-7,15,21,23H,5,8-9H2,1H3,(H,19,22)(H,24,25)(H2,26,27,28). The fourth-order valence-corrected chi connectivity index (χ4v) is 3.34. The number of fused-ring (bicyclic) bond motifs is 1. The maximum Gasteiger partial charge on any atom is 0.469 e. The summed E-state index contributed by atoms with van der Waals surface area (Å²) in [6.07, 6.45) is 4.80. The molecule has 0 aliphatic carbocycles. The average molecular weight is 436 g/mol. The summed E-state index contributed by atoms with van der Waals surface area (Å²) < 4.78 is 15.5. The molecule has 1 atom stereocenters. The molecule has 12 heteroatoms. The summed E-state index contributed by atoms with van der Waals surface area (Å²) in [4.78, 5) is 40.8. The zero-order chi connectivity index (χ0) is 21.9. The van der Waals surface area contributed by atoms with Gasteiger partial charge in [0, 0.05) is 48.1 Å². The number of carbonyl (C=O) groups is 1. The maximum absolute atomic E-state index is 11.8. The molecule has 160 valence electrons. The molecular formula is C18H21N4O7P. The van der Waals surface area contributed by atoms with Crippen LogP contribution in [0.4, 0.5) is 0 Å². The van der Waals surface area contributed by atoms with Gasteiger partial charge in [-0.2, -0.15) is 0 Å². The number of nitrogens with zero attached hydrogens (tertiary/aromatic N) is 2. The lowest BCUT2D eigenvalue weighted by Crippen LogP contribution is -2.38. The van der Waals surface area contributed by atoms with Crippen LogP contribution in [-0.4, -0.2) is 47.0 Å². The van der Waals surface area contributed by atoms with Crippen LogP contribution < -0.4 is 5.32 Å². The highest BCUT2D eigenvalue weighted by Gasteiger charge is 2.22. The Hall–Kier alpha value is -2.82. The number of aryl methyl sites for hydroxylation is 1. The average Bonchev–Trinajstić information content (AvgIpc) is 3.09. The molecule has 0 fully saturated rings. The van der Waals surface area contributed by atoms with Crippen LogP contribution >= 0.6 is 7.82 Å². The molecule has 30 heavy (non-hydrogen) atoms. The molecule has 3 heterocycles. The summed E-state index contributed by atoms with van der Waals surface area (Å²) in [5.41, 5.74) is 2.19. The van der Waals surface area contributed by atoms with Gasteiger partial charge in [-0.05, 0) is 24.6 Å². The summed E-state index contributed by atoms with van der Waals surface area (Å²) in [6.45, 7) is 0.987. The van der Waals surface area contributed by atoms with Gasteiger partial charge in [-0.1, -0.05) is 0 Å². The van der Waals surface area contributed by atoms with Crippen LogP contribution in [0.15, 0.2) is 30.7 Å². The van der Waals surface area contributed by atoms with E-state index in [9.17, 15) is 19.6 Å². The smallest absolute Gasteiger partial charge is 0.469 e. The lowest BCUT2D eigenvalue weighted by atomic mass is 10.0. The Morgan fingerprint density at radius 1 is 1.33 bits per heavy atom. The molecule has 0 aliphatic rings. The van der Waals surface area contributed by atoms with Gasteiger partial charge in [0.1, 0.15) is 17.4 Å². The summed E-state index contributed by atoms with van der Waals surface area (Å²) >= 11 is 0. The molecule has 0 bridgehead atoms. The number of nitrogens with one attached hydrogen (secondary N) is 2. The Bertz CT molecular complexity index is 1110. The van der Waals surface area contributed by atoms with E-state index in [2.05, 4.69) is 24.8 Å². The maximum atomic E-state index is 11.8. The number of carboxylic acid groups (broad SMARTS) is 1. The van der Waals surface area contributed by atoms with Gasteiger partial charge in [0.2, 0.25) is 0 Å². The lowest BCUT2D eigenvalue weighted by Gasteiger charge is -2.18. The zero-order valence-electron chi connectivity index (χ0n) is 15.9. The number of phosphoric ester groups is 1. The molecular weight excluding hydrogens is 415 g/mol. The molecule has 0 saturated carbocycles. The van der Waals surface area contributed by atoms with Gasteiger partial charge in [-0.15, -0.1) is 0 Å².